The van der Waals surface area contributed by atoms with Crippen LogP contribution in [0.15, 0.2) is 18.2 Å². The van der Waals surface area contributed by atoms with Gasteiger partial charge in [0.2, 0.25) is 0 Å². The molecule has 1 aromatic carbocycles. The maximum Gasteiger partial charge on any atom is 0.147 e. The van der Waals surface area contributed by atoms with E-state index in [0.29, 0.717) is 11.3 Å². The van der Waals surface area contributed by atoms with Crippen LogP contribution in [0.2, 0.25) is 0 Å². The number of thiocarbonyl (C=S) groups is 1. The second kappa shape index (κ2) is 5.80. The highest BCUT2D eigenvalue weighted by Gasteiger charge is 2.08. The summed E-state index contributed by atoms with van der Waals surface area (Å²) in [5.74, 6) is -0.274. The first-order valence-corrected chi connectivity index (χ1v) is 5.77. The van der Waals surface area contributed by atoms with E-state index in [0.717, 1.165) is 19.4 Å². The molecule has 0 bridgehead atoms. The molecule has 0 amide bonds. The Morgan fingerprint density at radius 2 is 2.19 bits per heavy atom. The highest BCUT2D eigenvalue weighted by molar-refractivity contribution is 7.80. The molecule has 0 aliphatic heterocycles. The minimum atomic E-state index is -0.274. The smallest absolute Gasteiger partial charge is 0.147 e. The Morgan fingerprint density at radius 3 is 2.69 bits per heavy atom. The van der Waals surface area contributed by atoms with Crippen LogP contribution in [0.5, 0.6) is 0 Å². The van der Waals surface area contributed by atoms with E-state index in [-0.39, 0.29) is 10.8 Å². The number of benzene rings is 1. The van der Waals surface area contributed by atoms with E-state index in [1.165, 1.54) is 6.07 Å². The van der Waals surface area contributed by atoms with E-state index < -0.39 is 0 Å². The molecule has 0 saturated heterocycles. The first-order chi connectivity index (χ1) is 7.56. The van der Waals surface area contributed by atoms with E-state index in [4.69, 9.17) is 18.0 Å². The summed E-state index contributed by atoms with van der Waals surface area (Å²) in [5.41, 5.74) is 6.60. The summed E-state index contributed by atoms with van der Waals surface area (Å²) in [4.78, 5) is 2.13. The molecule has 2 nitrogen and oxygen atoms in total. The minimum Gasteiger partial charge on any atom is -0.389 e. The van der Waals surface area contributed by atoms with Gasteiger partial charge in [0.25, 0.3) is 0 Å². The van der Waals surface area contributed by atoms with Crippen LogP contribution in [-0.2, 0) is 0 Å². The molecule has 2 N–H and O–H groups in total. The maximum absolute atomic E-state index is 13.7. The lowest BCUT2D eigenvalue weighted by Gasteiger charge is -2.19. The van der Waals surface area contributed by atoms with Crippen molar-refractivity contribution < 1.29 is 4.39 Å². The van der Waals surface area contributed by atoms with Gasteiger partial charge in [-0.25, -0.2) is 4.39 Å². The summed E-state index contributed by atoms with van der Waals surface area (Å²) in [6.45, 7) is 2.96. The maximum atomic E-state index is 13.7. The van der Waals surface area contributed by atoms with Crippen LogP contribution in [0, 0.1) is 5.82 Å². The van der Waals surface area contributed by atoms with Gasteiger partial charge in [0.05, 0.1) is 5.69 Å². The Kier molecular flexibility index (Phi) is 4.68. The van der Waals surface area contributed by atoms with E-state index >= 15 is 0 Å². The van der Waals surface area contributed by atoms with Gasteiger partial charge in [-0.05, 0) is 24.6 Å². The van der Waals surface area contributed by atoms with Gasteiger partial charge in [-0.1, -0.05) is 25.6 Å². The number of halogens is 1. The van der Waals surface area contributed by atoms with Crippen LogP contribution >= 0.6 is 12.2 Å². The first-order valence-electron chi connectivity index (χ1n) is 5.36. The monoisotopic (exact) mass is 240 g/mol. The van der Waals surface area contributed by atoms with Crippen LogP contribution in [0.3, 0.4) is 0 Å². The number of nitrogens with two attached hydrogens (primary N) is 1. The molecule has 0 spiro atoms. The number of nitrogens with zero attached hydrogens (tertiary/aromatic N) is 1. The summed E-state index contributed by atoms with van der Waals surface area (Å²) in [6.07, 6.45) is 2.14. The third-order valence-electron chi connectivity index (χ3n) is 2.49. The van der Waals surface area contributed by atoms with Gasteiger partial charge < -0.3 is 10.6 Å². The Balaban J connectivity index is 2.85. The number of unbranched alkanes of at least 4 members (excludes halogenated alkanes) is 1. The SMILES string of the molecule is CCCCN(C)c1ccc(C(N)=S)cc1F. The predicted octanol–water partition coefficient (Wildman–Crippen LogP) is 2.70. The van der Waals surface area contributed by atoms with Crippen LogP contribution < -0.4 is 10.6 Å². The lowest BCUT2D eigenvalue weighted by Crippen LogP contribution is -2.20. The third-order valence-corrected chi connectivity index (χ3v) is 2.73. The molecule has 0 fully saturated rings. The fraction of sp³-hybridized carbons (Fsp3) is 0.417. The van der Waals surface area contributed by atoms with Crippen molar-refractivity contribution in [1.82, 2.24) is 0 Å². The normalized spacial score (nSPS) is 10.2. The zero-order chi connectivity index (χ0) is 12.1. The van der Waals surface area contributed by atoms with Crippen LogP contribution in [-0.4, -0.2) is 18.6 Å². The number of hydrogen-bond acceptors (Lipinski definition) is 2. The van der Waals surface area contributed by atoms with Gasteiger partial charge in [0, 0.05) is 19.2 Å². The molecule has 0 unspecified atom stereocenters. The average Bonchev–Trinajstić information content (AvgIpc) is 2.25. The molecule has 4 heteroatoms. The fourth-order valence-electron chi connectivity index (χ4n) is 1.49. The van der Waals surface area contributed by atoms with E-state index in [1.54, 1.807) is 12.1 Å². The summed E-state index contributed by atoms with van der Waals surface area (Å²) >= 11 is 4.80. The zero-order valence-electron chi connectivity index (χ0n) is 9.66. The fourth-order valence-corrected chi connectivity index (χ4v) is 1.61. The van der Waals surface area contributed by atoms with Crippen LogP contribution in [0.1, 0.15) is 25.3 Å². The number of hydrogen-bond donors (Lipinski definition) is 1. The minimum absolute atomic E-state index is 0.224. The largest absolute Gasteiger partial charge is 0.389 e. The molecule has 16 heavy (non-hydrogen) atoms. The molecule has 0 saturated carbocycles. The molecule has 88 valence electrons. The van der Waals surface area contributed by atoms with Crippen molar-refractivity contribution in [3.63, 3.8) is 0 Å². The van der Waals surface area contributed by atoms with Crippen molar-refractivity contribution >= 4 is 22.9 Å². The van der Waals surface area contributed by atoms with Crippen molar-refractivity contribution in [1.29, 1.82) is 0 Å². The van der Waals surface area contributed by atoms with Gasteiger partial charge in [0.15, 0.2) is 0 Å². The quantitative estimate of drug-likeness (QED) is 0.802. The molecule has 0 radical (unpaired) electrons. The van der Waals surface area contributed by atoms with Gasteiger partial charge in [-0.2, -0.15) is 0 Å². The van der Waals surface area contributed by atoms with Crippen molar-refractivity contribution in [2.75, 3.05) is 18.5 Å². The molecular weight excluding hydrogens is 223 g/mol. The summed E-state index contributed by atoms with van der Waals surface area (Å²) in [5, 5.41) is 0. The second-order valence-electron chi connectivity index (χ2n) is 3.81. The summed E-state index contributed by atoms with van der Waals surface area (Å²) in [6, 6.07) is 4.86. The van der Waals surface area contributed by atoms with Crippen molar-refractivity contribution in [2.24, 2.45) is 5.73 Å². The van der Waals surface area contributed by atoms with Gasteiger partial charge in [-0.3, -0.25) is 0 Å². The number of rotatable bonds is 5. The molecule has 0 aromatic heterocycles. The summed E-state index contributed by atoms with van der Waals surface area (Å²) < 4.78 is 13.7. The Bertz CT molecular complexity index is 379. The van der Waals surface area contributed by atoms with Gasteiger partial charge >= 0.3 is 0 Å². The Hall–Kier alpha value is -1.16. The van der Waals surface area contributed by atoms with Crippen molar-refractivity contribution in [2.45, 2.75) is 19.8 Å². The van der Waals surface area contributed by atoms with Crippen LogP contribution in [0.25, 0.3) is 0 Å². The second-order valence-corrected chi connectivity index (χ2v) is 4.25. The molecular formula is C12H17FN2S. The third kappa shape index (κ3) is 3.17. The highest BCUT2D eigenvalue weighted by Crippen LogP contribution is 2.19. The molecule has 0 aliphatic carbocycles. The lowest BCUT2D eigenvalue weighted by molar-refractivity contribution is 0.619. The summed E-state index contributed by atoms with van der Waals surface area (Å²) in [7, 11) is 1.88. The van der Waals surface area contributed by atoms with E-state index in [1.807, 2.05) is 11.9 Å². The first kappa shape index (κ1) is 12.9. The van der Waals surface area contributed by atoms with Gasteiger partial charge in [-0.15, -0.1) is 0 Å². The molecule has 0 aliphatic rings. The van der Waals surface area contributed by atoms with E-state index in [2.05, 4.69) is 6.92 Å². The van der Waals surface area contributed by atoms with Gasteiger partial charge in [0.1, 0.15) is 10.8 Å². The highest BCUT2D eigenvalue weighted by atomic mass is 32.1. The van der Waals surface area contributed by atoms with Crippen molar-refractivity contribution in [3.05, 3.63) is 29.6 Å². The van der Waals surface area contributed by atoms with Crippen LogP contribution in [0.4, 0.5) is 10.1 Å². The molecule has 0 atom stereocenters. The zero-order valence-corrected chi connectivity index (χ0v) is 10.5. The number of anilines is 1. The molecule has 1 aromatic rings. The lowest BCUT2D eigenvalue weighted by atomic mass is 10.2. The Labute approximate surface area is 101 Å². The predicted molar refractivity (Wildman–Crippen MR) is 70.5 cm³/mol. The Morgan fingerprint density at radius 1 is 1.50 bits per heavy atom. The van der Waals surface area contributed by atoms with E-state index in [9.17, 15) is 4.39 Å². The van der Waals surface area contributed by atoms with Crippen molar-refractivity contribution in [3.8, 4) is 0 Å². The average molecular weight is 240 g/mol. The standard InChI is InChI=1S/C12H17FN2S/c1-3-4-7-15(2)11-6-5-9(12(14)16)8-10(11)13/h5-6,8H,3-4,7H2,1-2H3,(H2,14,16). The topological polar surface area (TPSA) is 29.3 Å². The molecule has 0 heterocycles. The molecule has 1 rings (SSSR count).